The Bertz CT molecular complexity index is 430. The number of rotatable bonds is 4. The van der Waals surface area contributed by atoms with E-state index in [1.165, 1.54) is 0 Å². The number of benzene rings is 1. The van der Waals surface area contributed by atoms with Crippen molar-refractivity contribution in [2.45, 2.75) is 35.7 Å². The fourth-order valence-corrected chi connectivity index (χ4v) is 5.31. The van der Waals surface area contributed by atoms with Gasteiger partial charge in [0.1, 0.15) is 11.5 Å². The summed E-state index contributed by atoms with van der Waals surface area (Å²) in [4.78, 5) is 0. The van der Waals surface area contributed by atoms with Gasteiger partial charge in [0.15, 0.2) is 0 Å². The van der Waals surface area contributed by atoms with Crippen LogP contribution in [0.15, 0.2) is 18.2 Å². The molecule has 1 aliphatic rings. The van der Waals surface area contributed by atoms with Crippen LogP contribution in [0.4, 0.5) is 0 Å². The van der Waals surface area contributed by atoms with E-state index in [0.29, 0.717) is 22.0 Å². The Balaban J connectivity index is 2.26. The molecule has 5 heteroatoms. The van der Waals surface area contributed by atoms with E-state index < -0.39 is 6.10 Å². The molecule has 0 saturated carbocycles. The highest BCUT2D eigenvalue weighted by molar-refractivity contribution is 8.07. The fourth-order valence-electron chi connectivity index (χ4n) is 2.33. The third-order valence-corrected chi connectivity index (χ3v) is 7.17. The number of hydrogen-bond acceptors (Lipinski definition) is 5. The van der Waals surface area contributed by atoms with Crippen LogP contribution in [0.25, 0.3) is 0 Å². The van der Waals surface area contributed by atoms with E-state index in [9.17, 15) is 5.11 Å². The number of methoxy groups -OCH3 is 2. The quantitative estimate of drug-likeness (QED) is 0.922. The molecule has 1 fully saturated rings. The van der Waals surface area contributed by atoms with Gasteiger partial charge in [-0.1, -0.05) is 19.9 Å². The lowest BCUT2D eigenvalue weighted by Gasteiger charge is -2.34. The highest BCUT2D eigenvalue weighted by atomic mass is 32.2. The Morgan fingerprint density at radius 3 is 2.25 bits per heavy atom. The monoisotopic (exact) mass is 314 g/mol. The van der Waals surface area contributed by atoms with E-state index in [2.05, 4.69) is 13.8 Å². The molecule has 0 aromatic heterocycles. The Labute approximate surface area is 129 Å². The van der Waals surface area contributed by atoms with E-state index in [0.717, 1.165) is 11.3 Å². The number of aliphatic hydroxyl groups excluding tert-OH is 1. The first-order chi connectivity index (χ1) is 9.58. The van der Waals surface area contributed by atoms with E-state index in [4.69, 9.17) is 9.47 Å². The zero-order valence-electron chi connectivity index (χ0n) is 12.3. The van der Waals surface area contributed by atoms with Crippen LogP contribution in [0.3, 0.4) is 0 Å². The maximum atomic E-state index is 10.8. The summed E-state index contributed by atoms with van der Waals surface area (Å²) in [5, 5.41) is 12.1. The lowest BCUT2D eigenvalue weighted by Crippen LogP contribution is -2.30. The largest absolute Gasteiger partial charge is 0.496 e. The molecule has 1 aliphatic heterocycles. The second kappa shape index (κ2) is 6.96. The molecule has 0 aliphatic carbocycles. The van der Waals surface area contributed by atoms with Crippen molar-refractivity contribution in [3.63, 3.8) is 0 Å². The summed E-state index contributed by atoms with van der Waals surface area (Å²) < 4.78 is 10.8. The third kappa shape index (κ3) is 3.21. The molecule has 3 nitrogen and oxygen atoms in total. The maximum absolute atomic E-state index is 10.8. The molecule has 1 N–H and O–H groups in total. The first-order valence-electron chi connectivity index (χ1n) is 6.74. The summed E-state index contributed by atoms with van der Waals surface area (Å²) in [5.74, 6) is 2.32. The van der Waals surface area contributed by atoms with Gasteiger partial charge in [-0.05, 0) is 12.1 Å². The van der Waals surface area contributed by atoms with Gasteiger partial charge in [0.25, 0.3) is 0 Å². The van der Waals surface area contributed by atoms with Crippen LogP contribution in [-0.2, 0) is 0 Å². The smallest absolute Gasteiger partial charge is 0.128 e. The fraction of sp³-hybridized carbons (Fsp3) is 0.600. The van der Waals surface area contributed by atoms with Gasteiger partial charge in [-0.15, -0.1) is 0 Å². The summed E-state index contributed by atoms with van der Waals surface area (Å²) in [6.45, 7) is 4.47. The lowest BCUT2D eigenvalue weighted by atomic mass is 10.0. The van der Waals surface area contributed by atoms with E-state index in [-0.39, 0.29) is 5.25 Å². The molecule has 4 atom stereocenters. The predicted molar refractivity (Wildman–Crippen MR) is 87.3 cm³/mol. The van der Waals surface area contributed by atoms with Crippen molar-refractivity contribution in [3.8, 4) is 11.5 Å². The molecule has 0 amide bonds. The summed E-state index contributed by atoms with van der Waals surface area (Å²) in [7, 11) is 3.25. The van der Waals surface area contributed by atoms with Crippen molar-refractivity contribution in [1.82, 2.24) is 0 Å². The molecule has 1 aromatic carbocycles. The molecule has 0 bridgehead atoms. The standard InChI is InChI=1S/C15H22O3S2/c1-9-10(2)20-13(8-19-9)15(16)14-11(17-3)6-5-7-12(14)18-4/h5-7,9-10,13,15-16H,8H2,1-4H3. The van der Waals surface area contributed by atoms with Gasteiger partial charge in [-0.25, -0.2) is 0 Å². The molecule has 1 aromatic rings. The van der Waals surface area contributed by atoms with Gasteiger partial charge in [-0.2, -0.15) is 23.5 Å². The van der Waals surface area contributed by atoms with Crippen LogP contribution in [0.1, 0.15) is 25.5 Å². The van der Waals surface area contributed by atoms with Crippen LogP contribution in [-0.4, -0.2) is 40.8 Å². The molecule has 112 valence electrons. The van der Waals surface area contributed by atoms with E-state index in [1.807, 2.05) is 41.7 Å². The lowest BCUT2D eigenvalue weighted by molar-refractivity contribution is 0.171. The van der Waals surface area contributed by atoms with Crippen molar-refractivity contribution >= 4 is 23.5 Å². The normalized spacial score (nSPS) is 27.9. The zero-order valence-corrected chi connectivity index (χ0v) is 14.0. The minimum atomic E-state index is -0.575. The first kappa shape index (κ1) is 15.9. The molecule has 0 spiro atoms. The Morgan fingerprint density at radius 2 is 1.75 bits per heavy atom. The van der Waals surface area contributed by atoms with Gasteiger partial charge in [-0.3, -0.25) is 0 Å². The molecular weight excluding hydrogens is 292 g/mol. The highest BCUT2D eigenvalue weighted by Gasteiger charge is 2.33. The molecular formula is C15H22O3S2. The molecule has 2 rings (SSSR count). The molecule has 1 heterocycles. The Kier molecular flexibility index (Phi) is 5.52. The Hall–Kier alpha value is -0.520. The number of ether oxygens (including phenoxy) is 2. The van der Waals surface area contributed by atoms with Crippen LogP contribution in [0.2, 0.25) is 0 Å². The molecule has 20 heavy (non-hydrogen) atoms. The summed E-state index contributed by atoms with van der Waals surface area (Å²) >= 11 is 3.78. The minimum Gasteiger partial charge on any atom is -0.496 e. The van der Waals surface area contributed by atoms with Crippen molar-refractivity contribution in [1.29, 1.82) is 0 Å². The second-order valence-corrected chi connectivity index (χ2v) is 7.97. The van der Waals surface area contributed by atoms with E-state index >= 15 is 0 Å². The summed E-state index contributed by atoms with van der Waals surface area (Å²) in [6, 6.07) is 5.61. The van der Waals surface area contributed by atoms with Crippen molar-refractivity contribution in [2.75, 3.05) is 20.0 Å². The number of thioether (sulfide) groups is 2. The average Bonchev–Trinajstić information content (AvgIpc) is 2.48. The SMILES string of the molecule is COc1cccc(OC)c1C(O)C1CSC(C)C(C)S1. The summed E-state index contributed by atoms with van der Waals surface area (Å²) in [6.07, 6.45) is -0.575. The van der Waals surface area contributed by atoms with Gasteiger partial charge < -0.3 is 14.6 Å². The van der Waals surface area contributed by atoms with Gasteiger partial charge in [0, 0.05) is 21.5 Å². The van der Waals surface area contributed by atoms with Crippen LogP contribution in [0, 0.1) is 0 Å². The average molecular weight is 314 g/mol. The van der Waals surface area contributed by atoms with Gasteiger partial charge >= 0.3 is 0 Å². The summed E-state index contributed by atoms with van der Waals surface area (Å²) in [5.41, 5.74) is 0.761. The Morgan fingerprint density at radius 1 is 1.15 bits per heavy atom. The molecule has 0 radical (unpaired) electrons. The third-order valence-electron chi connectivity index (χ3n) is 3.69. The minimum absolute atomic E-state index is 0.163. The maximum Gasteiger partial charge on any atom is 0.128 e. The zero-order chi connectivity index (χ0) is 14.7. The van der Waals surface area contributed by atoms with Crippen LogP contribution >= 0.6 is 23.5 Å². The molecule has 1 saturated heterocycles. The van der Waals surface area contributed by atoms with Crippen molar-refractivity contribution in [3.05, 3.63) is 23.8 Å². The van der Waals surface area contributed by atoms with Gasteiger partial charge in [0.05, 0.1) is 25.9 Å². The predicted octanol–water partition coefficient (Wildman–Crippen LogP) is 3.36. The van der Waals surface area contributed by atoms with Crippen LogP contribution < -0.4 is 9.47 Å². The topological polar surface area (TPSA) is 38.7 Å². The first-order valence-corrected chi connectivity index (χ1v) is 8.73. The number of aliphatic hydroxyl groups is 1. The van der Waals surface area contributed by atoms with Crippen LogP contribution in [0.5, 0.6) is 11.5 Å². The van der Waals surface area contributed by atoms with E-state index in [1.54, 1.807) is 14.2 Å². The van der Waals surface area contributed by atoms with Crippen molar-refractivity contribution < 1.29 is 14.6 Å². The van der Waals surface area contributed by atoms with Gasteiger partial charge in [0.2, 0.25) is 0 Å². The highest BCUT2D eigenvalue weighted by Crippen LogP contribution is 2.45. The second-order valence-electron chi connectivity index (χ2n) is 4.94. The number of hydrogen-bond donors (Lipinski definition) is 1. The molecule has 4 unspecified atom stereocenters. The van der Waals surface area contributed by atoms with Crippen molar-refractivity contribution in [2.24, 2.45) is 0 Å².